The van der Waals surface area contributed by atoms with Gasteiger partial charge in [0.05, 0.1) is 9.79 Å². The SMILES string of the molecule is C=CS(=O)(=O)c1cccc(-c2[c]cccc2)c1S(=O)(=O)C=C. The summed E-state index contributed by atoms with van der Waals surface area (Å²) in [5, 5.41) is 1.46. The number of hydrogen-bond donors (Lipinski definition) is 0. The van der Waals surface area contributed by atoms with Crippen LogP contribution in [0.25, 0.3) is 11.1 Å². The summed E-state index contributed by atoms with van der Waals surface area (Å²) in [6.45, 7) is 6.52. The van der Waals surface area contributed by atoms with Gasteiger partial charge in [-0.1, -0.05) is 49.6 Å². The van der Waals surface area contributed by atoms with Crippen LogP contribution in [-0.4, -0.2) is 16.8 Å². The maximum absolute atomic E-state index is 12.3. The van der Waals surface area contributed by atoms with Crippen molar-refractivity contribution in [1.29, 1.82) is 0 Å². The molecular weight excluding hydrogens is 320 g/mol. The highest BCUT2D eigenvalue weighted by atomic mass is 32.2. The van der Waals surface area contributed by atoms with Crippen LogP contribution in [0.5, 0.6) is 0 Å². The maximum Gasteiger partial charge on any atom is 0.201 e. The summed E-state index contributed by atoms with van der Waals surface area (Å²) in [5.74, 6) is 0. The zero-order chi connectivity index (χ0) is 16.4. The molecule has 2 aromatic rings. The van der Waals surface area contributed by atoms with Gasteiger partial charge in [-0.3, -0.25) is 0 Å². The summed E-state index contributed by atoms with van der Waals surface area (Å²) in [6, 6.07) is 13.9. The highest BCUT2D eigenvalue weighted by Crippen LogP contribution is 2.34. The van der Waals surface area contributed by atoms with Crippen molar-refractivity contribution in [3.63, 3.8) is 0 Å². The Bertz CT molecular complexity index is 925. The van der Waals surface area contributed by atoms with Crippen molar-refractivity contribution in [1.82, 2.24) is 0 Å². The van der Waals surface area contributed by atoms with Crippen LogP contribution in [0.3, 0.4) is 0 Å². The van der Waals surface area contributed by atoms with Crippen LogP contribution in [0.4, 0.5) is 0 Å². The molecule has 4 nitrogen and oxygen atoms in total. The van der Waals surface area contributed by atoms with E-state index in [1.54, 1.807) is 24.3 Å². The molecule has 1 radical (unpaired) electrons. The second-order valence-electron chi connectivity index (χ2n) is 4.33. The van der Waals surface area contributed by atoms with Gasteiger partial charge in [0.25, 0.3) is 0 Å². The molecule has 0 spiro atoms. The molecule has 0 heterocycles. The topological polar surface area (TPSA) is 68.3 Å². The van der Waals surface area contributed by atoms with E-state index in [-0.39, 0.29) is 15.4 Å². The number of benzene rings is 2. The Hall–Kier alpha value is -2.18. The van der Waals surface area contributed by atoms with E-state index in [9.17, 15) is 16.8 Å². The monoisotopic (exact) mass is 333 g/mol. The fourth-order valence-corrected chi connectivity index (χ4v) is 4.49. The minimum Gasteiger partial charge on any atom is -0.219 e. The zero-order valence-corrected chi connectivity index (χ0v) is 13.2. The predicted molar refractivity (Wildman–Crippen MR) is 85.5 cm³/mol. The molecule has 0 unspecified atom stereocenters. The van der Waals surface area contributed by atoms with Gasteiger partial charge >= 0.3 is 0 Å². The molecule has 0 bridgehead atoms. The Morgan fingerprint density at radius 2 is 1.55 bits per heavy atom. The van der Waals surface area contributed by atoms with Crippen LogP contribution < -0.4 is 0 Å². The summed E-state index contributed by atoms with van der Waals surface area (Å²) in [5.41, 5.74) is 0.729. The van der Waals surface area contributed by atoms with Crippen molar-refractivity contribution in [3.05, 3.63) is 72.5 Å². The maximum atomic E-state index is 12.3. The summed E-state index contributed by atoms with van der Waals surface area (Å²) < 4.78 is 49.0. The average molecular weight is 333 g/mol. The molecule has 6 heteroatoms. The molecule has 0 fully saturated rings. The number of rotatable bonds is 5. The quantitative estimate of drug-likeness (QED) is 0.843. The van der Waals surface area contributed by atoms with E-state index in [4.69, 9.17) is 0 Å². The molecular formula is C16H13O4S2. The number of sulfone groups is 2. The first-order chi connectivity index (χ1) is 10.3. The molecule has 0 saturated carbocycles. The Morgan fingerprint density at radius 1 is 0.864 bits per heavy atom. The second kappa shape index (κ2) is 5.90. The van der Waals surface area contributed by atoms with Gasteiger partial charge in [0.1, 0.15) is 0 Å². The molecule has 22 heavy (non-hydrogen) atoms. The van der Waals surface area contributed by atoms with Crippen LogP contribution in [0, 0.1) is 6.07 Å². The Labute approximate surface area is 130 Å². The smallest absolute Gasteiger partial charge is 0.201 e. The molecule has 0 aromatic heterocycles. The van der Waals surface area contributed by atoms with E-state index in [0.29, 0.717) is 5.56 Å². The first-order valence-electron chi connectivity index (χ1n) is 6.18. The third kappa shape index (κ3) is 2.88. The molecule has 0 aliphatic heterocycles. The van der Waals surface area contributed by atoms with Gasteiger partial charge in [-0.15, -0.1) is 0 Å². The van der Waals surface area contributed by atoms with Crippen LogP contribution in [0.15, 0.2) is 76.2 Å². The summed E-state index contributed by atoms with van der Waals surface area (Å²) in [7, 11) is -7.91. The largest absolute Gasteiger partial charge is 0.219 e. The van der Waals surface area contributed by atoms with E-state index in [2.05, 4.69) is 19.2 Å². The van der Waals surface area contributed by atoms with Crippen molar-refractivity contribution in [2.24, 2.45) is 0 Å². The standard InChI is InChI=1S/C16H13O4S2/c1-3-21(17,18)15-12-8-11-14(13-9-6-5-7-10-13)16(15)22(19,20)4-2/h3-9,11-12H,1-2H2. The molecule has 2 rings (SSSR count). The second-order valence-corrected chi connectivity index (χ2v) is 8.03. The van der Waals surface area contributed by atoms with E-state index in [0.717, 1.165) is 10.8 Å². The van der Waals surface area contributed by atoms with Crippen molar-refractivity contribution < 1.29 is 16.8 Å². The number of hydrogen-bond acceptors (Lipinski definition) is 4. The molecule has 0 saturated heterocycles. The van der Waals surface area contributed by atoms with Gasteiger partial charge in [0.15, 0.2) is 0 Å². The third-order valence-electron chi connectivity index (χ3n) is 3.01. The molecule has 2 aromatic carbocycles. The van der Waals surface area contributed by atoms with Crippen LogP contribution in [0.1, 0.15) is 0 Å². The Kier molecular flexibility index (Phi) is 4.35. The van der Waals surface area contributed by atoms with Gasteiger partial charge in [-0.2, -0.15) is 0 Å². The van der Waals surface area contributed by atoms with Crippen LogP contribution in [0.2, 0.25) is 0 Å². The lowest BCUT2D eigenvalue weighted by Gasteiger charge is -2.12. The van der Waals surface area contributed by atoms with E-state index >= 15 is 0 Å². The van der Waals surface area contributed by atoms with Crippen LogP contribution >= 0.6 is 0 Å². The fraction of sp³-hybridized carbons (Fsp3) is 0. The highest BCUT2D eigenvalue weighted by molar-refractivity contribution is 7.97. The van der Waals surface area contributed by atoms with Crippen molar-refractivity contribution in [3.8, 4) is 11.1 Å². The molecule has 113 valence electrons. The lowest BCUT2D eigenvalue weighted by Crippen LogP contribution is -2.08. The lowest BCUT2D eigenvalue weighted by atomic mass is 10.1. The summed E-state index contributed by atoms with van der Waals surface area (Å²) in [6.07, 6.45) is 0. The Balaban J connectivity index is 2.97. The zero-order valence-electron chi connectivity index (χ0n) is 11.6. The first-order valence-corrected chi connectivity index (χ1v) is 9.28. The summed E-state index contributed by atoms with van der Waals surface area (Å²) >= 11 is 0. The van der Waals surface area contributed by atoms with Gasteiger partial charge in [-0.05, 0) is 17.7 Å². The first kappa shape index (κ1) is 16.2. The molecule has 0 N–H and O–H groups in total. The fourth-order valence-electron chi connectivity index (χ4n) is 1.98. The minimum atomic E-state index is -3.98. The minimum absolute atomic E-state index is 0.253. The lowest BCUT2D eigenvalue weighted by molar-refractivity contribution is 0.592. The summed E-state index contributed by atoms with van der Waals surface area (Å²) in [4.78, 5) is -0.635. The van der Waals surface area contributed by atoms with Crippen molar-refractivity contribution in [2.75, 3.05) is 0 Å². The van der Waals surface area contributed by atoms with Crippen molar-refractivity contribution in [2.45, 2.75) is 9.79 Å². The molecule has 0 amide bonds. The van der Waals surface area contributed by atoms with Gasteiger partial charge in [0.2, 0.25) is 19.7 Å². The van der Waals surface area contributed by atoms with Gasteiger partial charge < -0.3 is 0 Å². The molecule has 0 atom stereocenters. The average Bonchev–Trinajstić information content (AvgIpc) is 2.55. The van der Waals surface area contributed by atoms with Crippen LogP contribution in [-0.2, 0) is 19.7 Å². The van der Waals surface area contributed by atoms with Crippen molar-refractivity contribution >= 4 is 19.7 Å². The molecule has 0 aliphatic carbocycles. The highest BCUT2D eigenvalue weighted by Gasteiger charge is 2.26. The Morgan fingerprint density at radius 3 is 2.09 bits per heavy atom. The van der Waals surface area contributed by atoms with Gasteiger partial charge in [-0.25, -0.2) is 16.8 Å². The third-order valence-corrected chi connectivity index (χ3v) is 5.98. The van der Waals surface area contributed by atoms with E-state index in [1.807, 2.05) is 0 Å². The van der Waals surface area contributed by atoms with E-state index < -0.39 is 19.7 Å². The van der Waals surface area contributed by atoms with Gasteiger partial charge in [0, 0.05) is 16.4 Å². The molecule has 0 aliphatic rings. The predicted octanol–water partition coefficient (Wildman–Crippen LogP) is 2.99. The van der Waals surface area contributed by atoms with E-state index in [1.165, 1.54) is 18.2 Å². The normalized spacial score (nSPS) is 11.8.